The van der Waals surface area contributed by atoms with Crippen LogP contribution in [-0.2, 0) is 11.3 Å². The van der Waals surface area contributed by atoms with E-state index >= 15 is 0 Å². The second kappa shape index (κ2) is 6.51. The Morgan fingerprint density at radius 3 is 2.31 bits per heavy atom. The van der Waals surface area contributed by atoms with Crippen molar-refractivity contribution in [2.45, 2.75) is 26.4 Å². The fraction of sp³-hybridized carbons (Fsp3) is 0.538. The Labute approximate surface area is 98.2 Å². The average molecular weight is 222 g/mol. The first-order valence-corrected chi connectivity index (χ1v) is 5.73. The third kappa shape index (κ3) is 3.51. The lowest BCUT2D eigenvalue weighted by molar-refractivity contribution is 0.204. The van der Waals surface area contributed by atoms with Gasteiger partial charge in [0.1, 0.15) is 0 Å². The van der Waals surface area contributed by atoms with Gasteiger partial charge >= 0.3 is 0 Å². The Kier molecular flexibility index (Phi) is 5.29. The summed E-state index contributed by atoms with van der Waals surface area (Å²) in [7, 11) is 1.73. The highest BCUT2D eigenvalue weighted by atomic mass is 16.5. The van der Waals surface area contributed by atoms with E-state index in [9.17, 15) is 0 Å². The second-order valence-electron chi connectivity index (χ2n) is 4.15. The number of anilines is 1. The highest BCUT2D eigenvalue weighted by Crippen LogP contribution is 2.17. The predicted octanol–water partition coefficient (Wildman–Crippen LogP) is 2.01. The Bertz CT molecular complexity index is 295. The maximum absolute atomic E-state index is 5.58. The molecule has 90 valence electrons. The highest BCUT2D eigenvalue weighted by molar-refractivity contribution is 5.48. The van der Waals surface area contributed by atoms with Crippen LogP contribution in [0, 0.1) is 0 Å². The van der Waals surface area contributed by atoms with E-state index in [1.165, 1.54) is 11.3 Å². The normalized spacial score (nSPS) is 10.8. The van der Waals surface area contributed by atoms with E-state index in [4.69, 9.17) is 10.5 Å². The Morgan fingerprint density at radius 1 is 1.25 bits per heavy atom. The monoisotopic (exact) mass is 222 g/mol. The van der Waals surface area contributed by atoms with Gasteiger partial charge in [0.05, 0.1) is 6.61 Å². The number of hydrogen-bond donors (Lipinski definition) is 1. The summed E-state index contributed by atoms with van der Waals surface area (Å²) in [5.74, 6) is 0. The maximum Gasteiger partial charge on any atom is 0.0637 e. The van der Waals surface area contributed by atoms with Gasteiger partial charge in [0, 0.05) is 31.9 Å². The van der Waals surface area contributed by atoms with Crippen LogP contribution < -0.4 is 10.6 Å². The molecule has 0 aliphatic rings. The SMILES string of the molecule is COCCN(c1ccc(CN)cc1)C(C)C. The van der Waals surface area contributed by atoms with E-state index in [0.717, 1.165) is 13.2 Å². The van der Waals surface area contributed by atoms with E-state index in [1.54, 1.807) is 7.11 Å². The summed E-state index contributed by atoms with van der Waals surface area (Å²) in [6.45, 7) is 6.63. The summed E-state index contributed by atoms with van der Waals surface area (Å²) in [6, 6.07) is 8.88. The van der Waals surface area contributed by atoms with E-state index in [-0.39, 0.29) is 0 Å². The molecule has 0 aliphatic heterocycles. The van der Waals surface area contributed by atoms with Crippen molar-refractivity contribution in [3.05, 3.63) is 29.8 Å². The summed E-state index contributed by atoms with van der Waals surface area (Å²) in [5, 5.41) is 0. The molecular formula is C13H22N2O. The molecule has 3 nitrogen and oxygen atoms in total. The summed E-state index contributed by atoms with van der Waals surface area (Å²) < 4.78 is 5.13. The average Bonchev–Trinajstić information content (AvgIpc) is 2.30. The number of rotatable bonds is 6. The molecule has 0 atom stereocenters. The quantitative estimate of drug-likeness (QED) is 0.800. The minimum atomic E-state index is 0.471. The van der Waals surface area contributed by atoms with Crippen LogP contribution in [0.15, 0.2) is 24.3 Å². The Morgan fingerprint density at radius 2 is 1.88 bits per heavy atom. The van der Waals surface area contributed by atoms with Crippen molar-refractivity contribution in [3.63, 3.8) is 0 Å². The van der Waals surface area contributed by atoms with Gasteiger partial charge in [0.2, 0.25) is 0 Å². The number of hydrogen-bond acceptors (Lipinski definition) is 3. The molecule has 2 N–H and O–H groups in total. The molecule has 0 radical (unpaired) electrons. The van der Waals surface area contributed by atoms with Gasteiger partial charge in [-0.05, 0) is 31.5 Å². The predicted molar refractivity (Wildman–Crippen MR) is 68.7 cm³/mol. The number of ether oxygens (including phenoxy) is 1. The maximum atomic E-state index is 5.58. The van der Waals surface area contributed by atoms with E-state index in [1.807, 2.05) is 0 Å². The summed E-state index contributed by atoms with van der Waals surface area (Å²) >= 11 is 0. The van der Waals surface area contributed by atoms with E-state index in [0.29, 0.717) is 12.6 Å². The number of nitrogens with zero attached hydrogens (tertiary/aromatic N) is 1. The van der Waals surface area contributed by atoms with Gasteiger partial charge in [-0.1, -0.05) is 12.1 Å². The van der Waals surface area contributed by atoms with Gasteiger partial charge in [-0.15, -0.1) is 0 Å². The topological polar surface area (TPSA) is 38.5 Å². The standard InChI is InChI=1S/C13H22N2O/c1-11(2)15(8-9-16-3)13-6-4-12(10-14)5-7-13/h4-7,11H,8-10,14H2,1-3H3. The molecule has 1 aromatic carbocycles. The molecule has 0 unspecified atom stereocenters. The summed E-state index contributed by atoms with van der Waals surface area (Å²) in [4.78, 5) is 2.32. The fourth-order valence-corrected chi connectivity index (χ4v) is 1.70. The second-order valence-corrected chi connectivity index (χ2v) is 4.15. The lowest BCUT2D eigenvalue weighted by atomic mass is 10.1. The van der Waals surface area contributed by atoms with Gasteiger partial charge in [-0.3, -0.25) is 0 Å². The van der Waals surface area contributed by atoms with E-state index in [2.05, 4.69) is 43.0 Å². The van der Waals surface area contributed by atoms with Crippen molar-refractivity contribution >= 4 is 5.69 Å². The summed E-state index contributed by atoms with van der Waals surface area (Å²) in [5.41, 5.74) is 7.97. The molecular weight excluding hydrogens is 200 g/mol. The van der Waals surface area contributed by atoms with Gasteiger partial charge in [-0.2, -0.15) is 0 Å². The number of nitrogens with two attached hydrogens (primary N) is 1. The Balaban J connectivity index is 2.75. The fourth-order valence-electron chi connectivity index (χ4n) is 1.70. The lowest BCUT2D eigenvalue weighted by Crippen LogP contribution is -2.33. The third-order valence-electron chi connectivity index (χ3n) is 2.66. The zero-order chi connectivity index (χ0) is 12.0. The van der Waals surface area contributed by atoms with Crippen LogP contribution in [0.4, 0.5) is 5.69 Å². The first-order chi connectivity index (χ1) is 7.69. The molecule has 0 bridgehead atoms. The van der Waals surface area contributed by atoms with Crippen LogP contribution in [-0.4, -0.2) is 26.3 Å². The molecule has 0 fully saturated rings. The minimum absolute atomic E-state index is 0.471. The van der Waals surface area contributed by atoms with Gasteiger partial charge in [0.15, 0.2) is 0 Å². The molecule has 0 saturated carbocycles. The van der Waals surface area contributed by atoms with Crippen molar-refractivity contribution in [1.82, 2.24) is 0 Å². The molecule has 0 spiro atoms. The van der Waals surface area contributed by atoms with Crippen molar-refractivity contribution < 1.29 is 4.74 Å². The van der Waals surface area contributed by atoms with Crippen LogP contribution in [0.5, 0.6) is 0 Å². The molecule has 0 amide bonds. The highest BCUT2D eigenvalue weighted by Gasteiger charge is 2.09. The first-order valence-electron chi connectivity index (χ1n) is 5.73. The van der Waals surface area contributed by atoms with Crippen LogP contribution in [0.25, 0.3) is 0 Å². The van der Waals surface area contributed by atoms with Crippen molar-refractivity contribution in [3.8, 4) is 0 Å². The molecule has 1 aromatic rings. The van der Waals surface area contributed by atoms with E-state index < -0.39 is 0 Å². The number of methoxy groups -OCH3 is 1. The van der Waals surface area contributed by atoms with Crippen LogP contribution in [0.3, 0.4) is 0 Å². The minimum Gasteiger partial charge on any atom is -0.383 e. The first kappa shape index (κ1) is 13.0. The van der Waals surface area contributed by atoms with Crippen molar-refractivity contribution in [2.24, 2.45) is 5.73 Å². The molecule has 0 aliphatic carbocycles. The van der Waals surface area contributed by atoms with Crippen LogP contribution in [0.2, 0.25) is 0 Å². The zero-order valence-electron chi connectivity index (χ0n) is 10.4. The van der Waals surface area contributed by atoms with Crippen molar-refractivity contribution in [2.75, 3.05) is 25.2 Å². The molecule has 0 heterocycles. The molecule has 0 aromatic heterocycles. The van der Waals surface area contributed by atoms with Gasteiger partial charge in [-0.25, -0.2) is 0 Å². The van der Waals surface area contributed by atoms with Crippen LogP contribution >= 0.6 is 0 Å². The zero-order valence-corrected chi connectivity index (χ0v) is 10.4. The molecule has 16 heavy (non-hydrogen) atoms. The smallest absolute Gasteiger partial charge is 0.0637 e. The molecule has 0 saturated heterocycles. The molecule has 1 rings (SSSR count). The third-order valence-corrected chi connectivity index (χ3v) is 2.66. The van der Waals surface area contributed by atoms with Crippen LogP contribution in [0.1, 0.15) is 19.4 Å². The number of benzene rings is 1. The lowest BCUT2D eigenvalue weighted by Gasteiger charge is -2.28. The van der Waals surface area contributed by atoms with Crippen molar-refractivity contribution in [1.29, 1.82) is 0 Å². The van der Waals surface area contributed by atoms with Gasteiger partial charge in [0.25, 0.3) is 0 Å². The largest absolute Gasteiger partial charge is 0.383 e. The summed E-state index contributed by atoms with van der Waals surface area (Å²) in [6.07, 6.45) is 0. The van der Waals surface area contributed by atoms with Gasteiger partial charge < -0.3 is 15.4 Å². The molecule has 3 heteroatoms. The Hall–Kier alpha value is -1.06.